The molecule has 0 amide bonds. The summed E-state index contributed by atoms with van der Waals surface area (Å²) in [6.45, 7) is 1.36. The molecule has 0 aliphatic carbocycles. The van der Waals surface area contributed by atoms with E-state index in [4.69, 9.17) is 16.3 Å². The lowest BCUT2D eigenvalue weighted by atomic mass is 9.76. The Morgan fingerprint density at radius 2 is 1.45 bits per heavy atom. The van der Waals surface area contributed by atoms with Crippen molar-refractivity contribution in [1.82, 2.24) is 9.55 Å². The second-order valence-corrected chi connectivity index (χ2v) is 7.00. The Balaban J connectivity index is 2.15. The molecule has 4 rings (SSSR count). The van der Waals surface area contributed by atoms with Crippen molar-refractivity contribution >= 4 is 17.6 Å². The summed E-state index contributed by atoms with van der Waals surface area (Å²) in [6.07, 6.45) is 3.43. The Morgan fingerprint density at radius 3 is 2.00 bits per heavy atom. The van der Waals surface area contributed by atoms with Crippen molar-refractivity contribution in [3.8, 4) is 6.01 Å². The summed E-state index contributed by atoms with van der Waals surface area (Å²) < 4.78 is 7.33. The van der Waals surface area contributed by atoms with E-state index in [1.807, 2.05) is 95.7 Å². The molecular weight excluding hydrogens is 384 g/mol. The molecular formula is C24H19ClN2O2. The molecule has 0 unspecified atom stereocenters. The SMILES string of the molecule is CC(=O)Oc1nccn1C(c1ccccc1)(c1ccccc1)c1ccccc1Cl. The van der Waals surface area contributed by atoms with Crippen LogP contribution in [0.1, 0.15) is 23.6 Å². The highest BCUT2D eigenvalue weighted by Crippen LogP contribution is 2.45. The minimum absolute atomic E-state index is 0.199. The van der Waals surface area contributed by atoms with Crippen LogP contribution in [0.25, 0.3) is 0 Å². The predicted molar refractivity (Wildman–Crippen MR) is 113 cm³/mol. The third-order valence-electron chi connectivity index (χ3n) is 4.85. The summed E-state index contributed by atoms with van der Waals surface area (Å²) in [6, 6.07) is 27.9. The zero-order chi connectivity index (χ0) is 20.3. The molecule has 0 saturated carbocycles. The Bertz CT molecular complexity index is 1080. The first-order chi connectivity index (χ1) is 14.1. The number of benzene rings is 3. The van der Waals surface area contributed by atoms with Gasteiger partial charge in [0.25, 0.3) is 0 Å². The van der Waals surface area contributed by atoms with Crippen LogP contribution in [0.15, 0.2) is 97.3 Å². The van der Waals surface area contributed by atoms with Crippen LogP contribution in [-0.4, -0.2) is 15.5 Å². The van der Waals surface area contributed by atoms with Crippen LogP contribution in [0.5, 0.6) is 6.01 Å². The van der Waals surface area contributed by atoms with E-state index in [0.717, 1.165) is 16.7 Å². The van der Waals surface area contributed by atoms with Crippen molar-refractivity contribution in [2.45, 2.75) is 12.5 Å². The van der Waals surface area contributed by atoms with Gasteiger partial charge in [-0.2, -0.15) is 0 Å². The Morgan fingerprint density at radius 1 is 0.897 bits per heavy atom. The fourth-order valence-electron chi connectivity index (χ4n) is 3.75. The summed E-state index contributed by atoms with van der Waals surface area (Å²) in [5.74, 6) is -0.438. The molecule has 0 atom stereocenters. The monoisotopic (exact) mass is 402 g/mol. The zero-order valence-corrected chi connectivity index (χ0v) is 16.6. The lowest BCUT2D eigenvalue weighted by Crippen LogP contribution is -2.38. The highest BCUT2D eigenvalue weighted by molar-refractivity contribution is 6.31. The van der Waals surface area contributed by atoms with Crippen LogP contribution in [0.4, 0.5) is 0 Å². The third-order valence-corrected chi connectivity index (χ3v) is 5.18. The van der Waals surface area contributed by atoms with Crippen molar-refractivity contribution in [3.63, 3.8) is 0 Å². The molecule has 0 aliphatic heterocycles. The van der Waals surface area contributed by atoms with Gasteiger partial charge in [-0.3, -0.25) is 9.36 Å². The largest absolute Gasteiger partial charge is 0.392 e. The van der Waals surface area contributed by atoms with Crippen LogP contribution >= 0.6 is 11.6 Å². The molecule has 1 heterocycles. The molecule has 144 valence electrons. The van der Waals surface area contributed by atoms with E-state index in [1.54, 1.807) is 6.20 Å². The normalized spacial score (nSPS) is 11.2. The summed E-state index contributed by atoms with van der Waals surface area (Å²) >= 11 is 6.74. The number of rotatable bonds is 5. The van der Waals surface area contributed by atoms with E-state index >= 15 is 0 Å². The molecule has 0 bridgehead atoms. The molecule has 5 heteroatoms. The second-order valence-electron chi connectivity index (χ2n) is 6.60. The van der Waals surface area contributed by atoms with Gasteiger partial charge >= 0.3 is 12.0 Å². The average molecular weight is 403 g/mol. The number of nitrogens with zero attached hydrogens (tertiary/aromatic N) is 2. The fourth-order valence-corrected chi connectivity index (χ4v) is 4.02. The summed E-state index contributed by atoms with van der Waals surface area (Å²) in [4.78, 5) is 16.1. The first kappa shape index (κ1) is 19.0. The number of aromatic nitrogens is 2. The third kappa shape index (κ3) is 3.32. The van der Waals surface area contributed by atoms with E-state index in [2.05, 4.69) is 4.98 Å². The number of hydrogen-bond donors (Lipinski definition) is 0. The number of hydrogen-bond acceptors (Lipinski definition) is 3. The quantitative estimate of drug-likeness (QED) is 0.336. The highest BCUT2D eigenvalue weighted by Gasteiger charge is 2.41. The van der Waals surface area contributed by atoms with Crippen LogP contribution in [-0.2, 0) is 10.3 Å². The lowest BCUT2D eigenvalue weighted by Gasteiger charge is -2.38. The highest BCUT2D eigenvalue weighted by atomic mass is 35.5. The molecule has 1 aromatic heterocycles. The van der Waals surface area contributed by atoms with Gasteiger partial charge in [0, 0.05) is 29.9 Å². The van der Waals surface area contributed by atoms with Crippen molar-refractivity contribution in [2.75, 3.05) is 0 Å². The van der Waals surface area contributed by atoms with Gasteiger partial charge in [0.1, 0.15) is 5.54 Å². The molecule has 4 nitrogen and oxygen atoms in total. The number of imidazole rings is 1. The first-order valence-corrected chi connectivity index (χ1v) is 9.60. The minimum atomic E-state index is -0.887. The number of ether oxygens (including phenoxy) is 1. The smallest absolute Gasteiger partial charge is 0.310 e. The zero-order valence-electron chi connectivity index (χ0n) is 15.8. The van der Waals surface area contributed by atoms with E-state index < -0.39 is 11.5 Å². The van der Waals surface area contributed by atoms with Gasteiger partial charge in [-0.25, -0.2) is 4.98 Å². The van der Waals surface area contributed by atoms with Crippen LogP contribution in [0, 0.1) is 0 Å². The summed E-state index contributed by atoms with van der Waals surface area (Å²) in [7, 11) is 0. The standard InChI is InChI=1S/C24H19ClN2O2/c1-18(28)29-23-26-16-17-27(23)24(19-10-4-2-5-11-19,20-12-6-3-7-13-20)21-14-8-9-15-22(21)25/h2-17H,1H3. The molecule has 29 heavy (non-hydrogen) atoms. The van der Waals surface area contributed by atoms with Crippen molar-refractivity contribution in [3.05, 3.63) is 119 Å². The minimum Gasteiger partial charge on any atom is -0.392 e. The number of carbonyl (C=O) groups is 1. The summed E-state index contributed by atoms with van der Waals surface area (Å²) in [5.41, 5.74) is 1.89. The Kier molecular flexibility index (Phi) is 5.19. The van der Waals surface area contributed by atoms with Gasteiger partial charge in [-0.05, 0) is 17.2 Å². The van der Waals surface area contributed by atoms with Crippen molar-refractivity contribution in [1.29, 1.82) is 0 Å². The maximum Gasteiger partial charge on any atom is 0.310 e. The van der Waals surface area contributed by atoms with Gasteiger partial charge in [-0.1, -0.05) is 90.5 Å². The van der Waals surface area contributed by atoms with E-state index in [9.17, 15) is 4.79 Å². The van der Waals surface area contributed by atoms with E-state index in [0.29, 0.717) is 5.02 Å². The lowest BCUT2D eigenvalue weighted by molar-refractivity contribution is -0.132. The van der Waals surface area contributed by atoms with Crippen molar-refractivity contribution < 1.29 is 9.53 Å². The van der Waals surface area contributed by atoms with Gasteiger partial charge in [0.15, 0.2) is 0 Å². The molecule has 3 aromatic carbocycles. The van der Waals surface area contributed by atoms with Gasteiger partial charge < -0.3 is 4.74 Å². The number of halogens is 1. The fraction of sp³-hybridized carbons (Fsp3) is 0.0833. The topological polar surface area (TPSA) is 44.1 Å². The summed E-state index contributed by atoms with van der Waals surface area (Å²) in [5, 5.41) is 0.600. The van der Waals surface area contributed by atoms with Gasteiger partial charge in [0.05, 0.1) is 0 Å². The Labute approximate surface area is 174 Å². The average Bonchev–Trinajstić information content (AvgIpc) is 3.19. The molecule has 0 saturated heterocycles. The molecule has 0 fully saturated rings. The number of carbonyl (C=O) groups excluding carboxylic acids is 1. The maximum absolute atomic E-state index is 11.8. The Hall–Kier alpha value is -3.37. The second kappa shape index (κ2) is 7.94. The van der Waals surface area contributed by atoms with Crippen LogP contribution < -0.4 is 4.74 Å². The molecule has 4 aromatic rings. The van der Waals surface area contributed by atoms with Crippen LogP contribution in [0.3, 0.4) is 0 Å². The predicted octanol–water partition coefficient (Wildman–Crippen LogP) is 5.30. The molecule has 0 radical (unpaired) electrons. The van der Waals surface area contributed by atoms with Crippen molar-refractivity contribution in [2.24, 2.45) is 0 Å². The van der Waals surface area contributed by atoms with Gasteiger partial charge in [-0.15, -0.1) is 0 Å². The maximum atomic E-state index is 11.8. The molecule has 0 aliphatic rings. The molecule has 0 N–H and O–H groups in total. The molecule has 0 spiro atoms. The van der Waals surface area contributed by atoms with Crippen LogP contribution in [0.2, 0.25) is 5.02 Å². The van der Waals surface area contributed by atoms with E-state index in [-0.39, 0.29) is 6.01 Å². The van der Waals surface area contributed by atoms with Gasteiger partial charge in [0.2, 0.25) is 0 Å². The first-order valence-electron chi connectivity index (χ1n) is 9.22. The van der Waals surface area contributed by atoms with E-state index in [1.165, 1.54) is 6.92 Å². The number of esters is 1.